The zero-order valence-electron chi connectivity index (χ0n) is 11.5. The molecule has 1 aromatic heterocycles. The number of aromatic nitrogens is 2. The summed E-state index contributed by atoms with van der Waals surface area (Å²) in [5.74, 6) is -0.0436. The minimum atomic E-state index is -0.915. The lowest BCUT2D eigenvalue weighted by Gasteiger charge is -2.24. The average molecular weight is 270 g/mol. The first-order valence-corrected chi connectivity index (χ1v) is 7.04. The third-order valence-electron chi connectivity index (χ3n) is 3.97. The molecule has 0 saturated heterocycles. The molecule has 0 fully saturated rings. The van der Waals surface area contributed by atoms with Gasteiger partial charge >= 0.3 is 5.97 Å². The van der Waals surface area contributed by atoms with Crippen LogP contribution in [0.3, 0.4) is 0 Å². The molecular weight excluding hydrogens is 252 g/mol. The Bertz CT molecular complexity index is 631. The summed E-state index contributed by atoms with van der Waals surface area (Å²) in [6.07, 6.45) is 3.63. The van der Waals surface area contributed by atoms with Crippen molar-refractivity contribution in [1.29, 1.82) is 0 Å². The van der Waals surface area contributed by atoms with Gasteiger partial charge in [-0.25, -0.2) is 9.78 Å². The molecule has 1 aromatic carbocycles. The molecule has 104 valence electrons. The number of nitrogens with zero attached hydrogens (tertiary/aromatic N) is 2. The van der Waals surface area contributed by atoms with E-state index in [1.807, 2.05) is 18.2 Å². The van der Waals surface area contributed by atoms with E-state index < -0.39 is 5.97 Å². The van der Waals surface area contributed by atoms with Crippen molar-refractivity contribution < 1.29 is 9.90 Å². The topological polar surface area (TPSA) is 55.1 Å². The number of aromatic carboxylic acids is 1. The predicted octanol–water partition coefficient (Wildman–Crippen LogP) is 3.07. The van der Waals surface area contributed by atoms with Gasteiger partial charge in [-0.3, -0.25) is 0 Å². The molecule has 0 spiro atoms. The van der Waals surface area contributed by atoms with Crippen LogP contribution in [0.15, 0.2) is 30.3 Å². The van der Waals surface area contributed by atoms with Gasteiger partial charge in [0.15, 0.2) is 5.69 Å². The van der Waals surface area contributed by atoms with Gasteiger partial charge in [0, 0.05) is 12.5 Å². The molecule has 20 heavy (non-hydrogen) atoms. The van der Waals surface area contributed by atoms with Gasteiger partial charge in [-0.1, -0.05) is 30.3 Å². The second-order valence-corrected chi connectivity index (χ2v) is 5.40. The number of hydrogen-bond donors (Lipinski definition) is 1. The van der Waals surface area contributed by atoms with Crippen molar-refractivity contribution in [2.75, 3.05) is 0 Å². The Kier molecular flexibility index (Phi) is 3.30. The molecule has 0 aliphatic carbocycles. The number of benzene rings is 1. The Hall–Kier alpha value is -2.10. The lowest BCUT2D eigenvalue weighted by Crippen LogP contribution is -2.18. The molecule has 0 saturated carbocycles. The van der Waals surface area contributed by atoms with Crippen molar-refractivity contribution in [3.63, 3.8) is 0 Å². The maximum absolute atomic E-state index is 11.4. The summed E-state index contributed by atoms with van der Waals surface area (Å²) in [5, 5.41) is 9.33. The second kappa shape index (κ2) is 5.12. The van der Waals surface area contributed by atoms with Gasteiger partial charge in [-0.2, -0.15) is 0 Å². The summed E-state index contributed by atoms with van der Waals surface area (Å²) >= 11 is 0. The molecule has 1 aliphatic heterocycles. The lowest BCUT2D eigenvalue weighted by molar-refractivity contribution is 0.0689. The van der Waals surface area contributed by atoms with Crippen molar-refractivity contribution in [1.82, 2.24) is 9.55 Å². The van der Waals surface area contributed by atoms with E-state index in [1.54, 1.807) is 0 Å². The van der Waals surface area contributed by atoms with Gasteiger partial charge in [0.25, 0.3) is 0 Å². The fourth-order valence-corrected chi connectivity index (χ4v) is 3.05. The van der Waals surface area contributed by atoms with Crippen LogP contribution in [0.5, 0.6) is 0 Å². The van der Waals surface area contributed by atoms with Crippen LogP contribution < -0.4 is 0 Å². The van der Waals surface area contributed by atoms with Crippen LogP contribution in [0.25, 0.3) is 0 Å². The Morgan fingerprint density at radius 3 is 2.85 bits per heavy atom. The van der Waals surface area contributed by atoms with Crippen LogP contribution in [-0.2, 0) is 12.8 Å². The summed E-state index contributed by atoms with van der Waals surface area (Å²) in [5.41, 5.74) is 2.29. The van der Waals surface area contributed by atoms with Crippen LogP contribution in [0.4, 0.5) is 0 Å². The molecule has 0 amide bonds. The van der Waals surface area contributed by atoms with Gasteiger partial charge in [0.05, 0.1) is 5.69 Å². The Morgan fingerprint density at radius 1 is 1.40 bits per heavy atom. The molecule has 1 N–H and O–H groups in total. The first-order valence-electron chi connectivity index (χ1n) is 7.04. The van der Waals surface area contributed by atoms with Gasteiger partial charge in [0.2, 0.25) is 0 Å². The Morgan fingerprint density at radius 2 is 2.15 bits per heavy atom. The second-order valence-electron chi connectivity index (χ2n) is 5.40. The number of rotatable bonds is 3. The number of carbonyl (C=O) groups is 1. The molecule has 1 atom stereocenters. The highest BCUT2D eigenvalue weighted by molar-refractivity contribution is 5.87. The van der Waals surface area contributed by atoms with Crippen LogP contribution in [0, 0.1) is 0 Å². The van der Waals surface area contributed by atoms with E-state index in [1.165, 1.54) is 0 Å². The Labute approximate surface area is 118 Å². The largest absolute Gasteiger partial charge is 0.476 e. The molecule has 1 unspecified atom stereocenters. The summed E-state index contributed by atoms with van der Waals surface area (Å²) in [7, 11) is 0. The zero-order chi connectivity index (χ0) is 14.1. The third kappa shape index (κ3) is 2.22. The molecule has 2 heterocycles. The molecule has 3 rings (SSSR count). The predicted molar refractivity (Wildman–Crippen MR) is 76.1 cm³/mol. The fourth-order valence-electron chi connectivity index (χ4n) is 3.05. The van der Waals surface area contributed by atoms with Crippen molar-refractivity contribution in [3.8, 4) is 0 Å². The van der Waals surface area contributed by atoms with E-state index in [-0.39, 0.29) is 5.69 Å². The summed E-state index contributed by atoms with van der Waals surface area (Å²) < 4.78 is 2.14. The SMILES string of the molecule is CC1CCCc2c(C(=O)O)nc(Cc3ccccc3)n21. The Balaban J connectivity index is 2.04. The highest BCUT2D eigenvalue weighted by Gasteiger charge is 2.27. The van der Waals surface area contributed by atoms with E-state index >= 15 is 0 Å². The van der Waals surface area contributed by atoms with Gasteiger partial charge in [0.1, 0.15) is 5.82 Å². The number of fused-ring (bicyclic) bond motifs is 1. The van der Waals surface area contributed by atoms with E-state index in [0.717, 1.165) is 36.3 Å². The number of carboxylic acid groups (broad SMARTS) is 1. The third-order valence-corrected chi connectivity index (χ3v) is 3.97. The molecule has 0 bridgehead atoms. The normalized spacial score (nSPS) is 17.8. The minimum Gasteiger partial charge on any atom is -0.476 e. The standard InChI is InChI=1S/C16H18N2O2/c1-11-6-5-9-13-15(16(19)20)17-14(18(11)13)10-12-7-3-2-4-8-12/h2-4,7-8,11H,5-6,9-10H2,1H3,(H,19,20). The molecule has 4 nitrogen and oxygen atoms in total. The zero-order valence-corrected chi connectivity index (χ0v) is 11.5. The quantitative estimate of drug-likeness (QED) is 0.932. The highest BCUT2D eigenvalue weighted by Crippen LogP contribution is 2.29. The lowest BCUT2D eigenvalue weighted by atomic mass is 10.0. The maximum Gasteiger partial charge on any atom is 0.356 e. The van der Waals surface area contributed by atoms with Crippen LogP contribution >= 0.6 is 0 Å². The van der Waals surface area contributed by atoms with Crippen LogP contribution in [-0.4, -0.2) is 20.6 Å². The molecule has 2 aromatic rings. The van der Waals surface area contributed by atoms with Crippen LogP contribution in [0.2, 0.25) is 0 Å². The average Bonchev–Trinajstić information content (AvgIpc) is 2.80. The van der Waals surface area contributed by atoms with E-state index in [9.17, 15) is 9.90 Å². The fraction of sp³-hybridized carbons (Fsp3) is 0.375. The minimum absolute atomic E-state index is 0.238. The first kappa shape index (κ1) is 12.9. The van der Waals surface area contributed by atoms with E-state index in [0.29, 0.717) is 12.5 Å². The van der Waals surface area contributed by atoms with E-state index in [4.69, 9.17) is 0 Å². The number of imidazole rings is 1. The van der Waals surface area contributed by atoms with E-state index in [2.05, 4.69) is 28.6 Å². The highest BCUT2D eigenvalue weighted by atomic mass is 16.4. The van der Waals surface area contributed by atoms with Crippen molar-refractivity contribution >= 4 is 5.97 Å². The summed E-state index contributed by atoms with van der Waals surface area (Å²) in [6.45, 7) is 2.14. The van der Waals surface area contributed by atoms with Crippen molar-refractivity contribution in [2.24, 2.45) is 0 Å². The number of carboxylic acids is 1. The monoisotopic (exact) mass is 270 g/mol. The molecular formula is C16H18N2O2. The molecule has 4 heteroatoms. The van der Waals surface area contributed by atoms with Gasteiger partial charge in [-0.05, 0) is 31.7 Å². The van der Waals surface area contributed by atoms with Gasteiger partial charge in [-0.15, -0.1) is 0 Å². The summed E-state index contributed by atoms with van der Waals surface area (Å²) in [6, 6.07) is 10.4. The molecule has 0 radical (unpaired) electrons. The van der Waals surface area contributed by atoms with Crippen LogP contribution in [0.1, 0.15) is 53.4 Å². The van der Waals surface area contributed by atoms with Gasteiger partial charge < -0.3 is 9.67 Å². The van der Waals surface area contributed by atoms with Crippen molar-refractivity contribution in [3.05, 3.63) is 53.1 Å². The van der Waals surface area contributed by atoms with Crippen molar-refractivity contribution in [2.45, 2.75) is 38.6 Å². The molecule has 1 aliphatic rings. The summed E-state index contributed by atoms with van der Waals surface area (Å²) in [4.78, 5) is 15.8. The first-order chi connectivity index (χ1) is 9.66. The smallest absolute Gasteiger partial charge is 0.356 e. The number of hydrogen-bond acceptors (Lipinski definition) is 2. The maximum atomic E-state index is 11.4.